The molecule has 1 aromatic heterocycles. The number of nitrogens with one attached hydrogen (secondary N) is 1. The van der Waals surface area contributed by atoms with Gasteiger partial charge in [-0.2, -0.15) is 5.26 Å². The molecule has 8 nitrogen and oxygen atoms in total. The molecule has 2 aliphatic carbocycles. The maximum Gasteiger partial charge on any atom is 0.252 e. The molecule has 1 N–H and O–H groups in total. The van der Waals surface area contributed by atoms with E-state index in [0.717, 1.165) is 6.07 Å². The van der Waals surface area contributed by atoms with Crippen molar-refractivity contribution in [3.8, 4) is 6.07 Å². The highest BCUT2D eigenvalue weighted by Crippen LogP contribution is 2.49. The first-order chi connectivity index (χ1) is 20.5. The van der Waals surface area contributed by atoms with Crippen LogP contribution in [0, 0.1) is 17.1 Å². The number of carbonyl (C=O) groups excluding carboxylic acids is 3. The Hall–Kier alpha value is -4.43. The smallest absolute Gasteiger partial charge is 0.252 e. The molecule has 3 aliphatic rings. The zero-order chi connectivity index (χ0) is 30.5. The number of pyridine rings is 1. The van der Waals surface area contributed by atoms with Crippen LogP contribution < -0.4 is 15.1 Å². The number of aromatic nitrogens is 1. The van der Waals surface area contributed by atoms with Gasteiger partial charge in [-0.1, -0.05) is 29.8 Å². The van der Waals surface area contributed by atoms with Crippen LogP contribution in [-0.2, 0) is 26.3 Å². The molecule has 1 saturated heterocycles. The van der Waals surface area contributed by atoms with Gasteiger partial charge in [-0.05, 0) is 61.2 Å². The van der Waals surface area contributed by atoms with Gasteiger partial charge in [0.05, 0.1) is 11.6 Å². The van der Waals surface area contributed by atoms with Gasteiger partial charge in [0.1, 0.15) is 17.7 Å². The second-order valence-corrected chi connectivity index (χ2v) is 11.5. The standard InChI is InChI=1S/C31H25ClF3N5O3/c32-23-6-1-3-19-9-11-31(27(19)23,29(43)38-21-15-30(34,35)16-21)40(22-5-2-4-20(33)14-22)28(42)24-7-8-26(41)39(24)25-13-18(17-36)10-12-37-25/h1-6,10,12-14,21,24H,7-9,11,15-16H2,(H,38,43)/t24-,31+/m0/s1. The molecule has 0 radical (unpaired) electrons. The van der Waals surface area contributed by atoms with Gasteiger partial charge in [-0.3, -0.25) is 24.2 Å². The van der Waals surface area contributed by atoms with Crippen LogP contribution >= 0.6 is 11.6 Å². The summed E-state index contributed by atoms with van der Waals surface area (Å²) in [6.07, 6.45) is 0.646. The van der Waals surface area contributed by atoms with Crippen LogP contribution in [0.1, 0.15) is 48.8 Å². The summed E-state index contributed by atoms with van der Waals surface area (Å²) >= 11 is 6.72. The first-order valence-electron chi connectivity index (χ1n) is 13.8. The van der Waals surface area contributed by atoms with Gasteiger partial charge in [0.2, 0.25) is 5.91 Å². The molecule has 0 unspecified atom stereocenters. The van der Waals surface area contributed by atoms with Gasteiger partial charge < -0.3 is 5.32 Å². The van der Waals surface area contributed by atoms with Crippen molar-refractivity contribution >= 4 is 40.8 Å². The van der Waals surface area contributed by atoms with Crippen LogP contribution in [0.3, 0.4) is 0 Å². The summed E-state index contributed by atoms with van der Waals surface area (Å²) < 4.78 is 42.3. The lowest BCUT2D eigenvalue weighted by atomic mass is 9.83. The quantitative estimate of drug-likeness (QED) is 0.423. The van der Waals surface area contributed by atoms with E-state index in [4.69, 9.17) is 11.6 Å². The lowest BCUT2D eigenvalue weighted by molar-refractivity contribution is -0.137. The molecule has 2 aromatic carbocycles. The normalized spacial score (nSPS) is 22.4. The van der Waals surface area contributed by atoms with Crippen molar-refractivity contribution in [1.82, 2.24) is 10.3 Å². The largest absolute Gasteiger partial charge is 0.351 e. The number of alkyl halides is 2. The minimum Gasteiger partial charge on any atom is -0.351 e. The Balaban J connectivity index is 1.51. The second-order valence-electron chi connectivity index (χ2n) is 11.1. The fraction of sp³-hybridized carbons (Fsp3) is 0.323. The molecule has 2 fully saturated rings. The van der Waals surface area contributed by atoms with Crippen LogP contribution in [0.4, 0.5) is 24.7 Å². The summed E-state index contributed by atoms with van der Waals surface area (Å²) in [5.41, 5.74) is -0.591. The minimum atomic E-state index is -2.91. The highest BCUT2D eigenvalue weighted by Gasteiger charge is 2.57. The van der Waals surface area contributed by atoms with Crippen molar-refractivity contribution in [2.45, 2.75) is 62.1 Å². The first-order valence-corrected chi connectivity index (χ1v) is 14.2. The molecule has 2 atom stereocenters. The monoisotopic (exact) mass is 607 g/mol. The Morgan fingerprint density at radius 2 is 1.88 bits per heavy atom. The molecule has 3 aromatic rings. The van der Waals surface area contributed by atoms with Crippen LogP contribution in [0.2, 0.25) is 5.02 Å². The third-order valence-electron chi connectivity index (χ3n) is 8.36. The number of hydrogen-bond acceptors (Lipinski definition) is 5. The van der Waals surface area contributed by atoms with E-state index >= 15 is 0 Å². The number of nitriles is 1. The lowest BCUT2D eigenvalue weighted by Crippen LogP contribution is -2.64. The third-order valence-corrected chi connectivity index (χ3v) is 8.67. The Morgan fingerprint density at radius 3 is 2.60 bits per heavy atom. The van der Waals surface area contributed by atoms with Gasteiger partial charge in [-0.25, -0.2) is 18.2 Å². The Bertz CT molecular complexity index is 1690. The summed E-state index contributed by atoms with van der Waals surface area (Å²) in [6.45, 7) is 0. The number of amides is 3. The number of aryl methyl sites for hydroxylation is 1. The van der Waals surface area contributed by atoms with Gasteiger partial charge in [0.25, 0.3) is 17.7 Å². The summed E-state index contributed by atoms with van der Waals surface area (Å²) in [4.78, 5) is 48.9. The van der Waals surface area contributed by atoms with Crippen LogP contribution in [-0.4, -0.2) is 40.7 Å². The van der Waals surface area contributed by atoms with Gasteiger partial charge in [-0.15, -0.1) is 0 Å². The van der Waals surface area contributed by atoms with E-state index in [0.29, 0.717) is 17.5 Å². The molecule has 1 saturated carbocycles. The van der Waals surface area contributed by atoms with Gasteiger partial charge >= 0.3 is 0 Å². The van der Waals surface area contributed by atoms with E-state index in [-0.39, 0.29) is 41.4 Å². The van der Waals surface area contributed by atoms with Crippen molar-refractivity contribution in [3.05, 3.63) is 88.3 Å². The van der Waals surface area contributed by atoms with Crippen molar-refractivity contribution in [2.24, 2.45) is 0 Å². The number of benzene rings is 2. The van der Waals surface area contributed by atoms with E-state index in [9.17, 15) is 32.8 Å². The molecule has 1 aliphatic heterocycles. The van der Waals surface area contributed by atoms with Crippen molar-refractivity contribution in [2.75, 3.05) is 9.80 Å². The van der Waals surface area contributed by atoms with Crippen LogP contribution in [0.5, 0.6) is 0 Å². The molecule has 12 heteroatoms. The number of halogens is 4. The predicted octanol–water partition coefficient (Wildman–Crippen LogP) is 5.03. The highest BCUT2D eigenvalue weighted by molar-refractivity contribution is 6.32. The molecule has 0 bridgehead atoms. The van der Waals surface area contributed by atoms with E-state index in [1.807, 2.05) is 6.07 Å². The lowest BCUT2D eigenvalue weighted by Gasteiger charge is -2.45. The minimum absolute atomic E-state index is 0.0143. The Labute approximate surface area is 250 Å². The van der Waals surface area contributed by atoms with Crippen LogP contribution in [0.15, 0.2) is 60.8 Å². The fourth-order valence-electron chi connectivity index (χ4n) is 6.43. The first kappa shape index (κ1) is 28.7. The maximum absolute atomic E-state index is 14.8. The molecule has 6 rings (SSSR count). The van der Waals surface area contributed by atoms with Crippen molar-refractivity contribution < 1.29 is 27.6 Å². The van der Waals surface area contributed by atoms with E-state index < -0.39 is 59.9 Å². The van der Waals surface area contributed by atoms with Crippen molar-refractivity contribution in [3.63, 3.8) is 0 Å². The highest BCUT2D eigenvalue weighted by atomic mass is 35.5. The number of hydrogen-bond donors (Lipinski definition) is 1. The average molecular weight is 608 g/mol. The summed E-state index contributed by atoms with van der Waals surface area (Å²) in [6, 6.07) is 13.0. The predicted molar refractivity (Wildman–Crippen MR) is 151 cm³/mol. The molecule has 43 heavy (non-hydrogen) atoms. The Morgan fingerprint density at radius 1 is 1.12 bits per heavy atom. The second kappa shape index (κ2) is 10.7. The number of fused-ring (bicyclic) bond motifs is 1. The average Bonchev–Trinajstić information content (AvgIpc) is 3.54. The van der Waals surface area contributed by atoms with Crippen LogP contribution in [0.25, 0.3) is 0 Å². The molecular formula is C31H25ClF3N5O3. The SMILES string of the molecule is N#Cc1ccnc(N2C(=O)CC[C@H]2C(=O)N(c2cccc(F)c2)[C@]2(C(=O)NC3CC(F)(F)C3)CCc3cccc(Cl)c32)c1. The Kier molecular flexibility index (Phi) is 7.13. The molecular weight excluding hydrogens is 583 g/mol. The number of anilines is 2. The van der Waals surface area contributed by atoms with Crippen molar-refractivity contribution in [1.29, 1.82) is 5.26 Å². The number of carbonyl (C=O) groups is 3. The molecule has 3 amide bonds. The fourth-order valence-corrected chi connectivity index (χ4v) is 6.78. The summed E-state index contributed by atoms with van der Waals surface area (Å²) in [5, 5.41) is 12.3. The molecule has 220 valence electrons. The number of nitrogens with zero attached hydrogens (tertiary/aromatic N) is 4. The zero-order valence-corrected chi connectivity index (χ0v) is 23.5. The van der Waals surface area contributed by atoms with E-state index in [1.54, 1.807) is 18.2 Å². The number of rotatable bonds is 6. The topological polar surface area (TPSA) is 106 Å². The zero-order valence-electron chi connectivity index (χ0n) is 22.7. The summed E-state index contributed by atoms with van der Waals surface area (Å²) in [5.74, 6) is -5.35. The van der Waals surface area contributed by atoms with E-state index in [1.165, 1.54) is 46.3 Å². The van der Waals surface area contributed by atoms with E-state index in [2.05, 4.69) is 10.3 Å². The summed E-state index contributed by atoms with van der Waals surface area (Å²) in [7, 11) is 0. The third kappa shape index (κ3) is 4.89. The molecule has 0 spiro atoms. The maximum atomic E-state index is 14.8. The molecule has 2 heterocycles. The van der Waals surface area contributed by atoms with Gasteiger partial charge in [0.15, 0.2) is 5.54 Å². The van der Waals surface area contributed by atoms with Gasteiger partial charge in [0, 0.05) is 47.8 Å².